The van der Waals surface area contributed by atoms with E-state index in [1.165, 1.54) is 6.07 Å². The third-order valence-electron chi connectivity index (χ3n) is 2.06. The molecule has 0 aliphatic carbocycles. The van der Waals surface area contributed by atoms with Crippen LogP contribution in [0.15, 0.2) is 27.6 Å². The second-order valence-electron chi connectivity index (χ2n) is 3.26. The molecule has 16 heavy (non-hydrogen) atoms. The molecule has 0 saturated heterocycles. The van der Waals surface area contributed by atoms with Crippen LogP contribution < -0.4 is 10.9 Å². The highest BCUT2D eigenvalue weighted by atomic mass is 16.5. The van der Waals surface area contributed by atoms with E-state index < -0.39 is 0 Å². The first kappa shape index (κ1) is 10.4. The van der Waals surface area contributed by atoms with E-state index in [1.807, 2.05) is 6.92 Å². The highest BCUT2D eigenvalue weighted by Gasteiger charge is 2.01. The number of rotatable bonds is 4. The van der Waals surface area contributed by atoms with Crippen LogP contribution >= 0.6 is 0 Å². The van der Waals surface area contributed by atoms with Gasteiger partial charge in [-0.15, -0.1) is 0 Å². The Hall–Kier alpha value is -2.11. The van der Waals surface area contributed by atoms with Crippen molar-refractivity contribution in [2.75, 3.05) is 5.32 Å². The molecule has 2 rings (SSSR count). The molecule has 2 aromatic heterocycles. The lowest BCUT2D eigenvalue weighted by molar-refractivity contribution is 0.388. The molecular weight excluding hydrogens is 208 g/mol. The maximum atomic E-state index is 11.3. The largest absolute Gasteiger partial charge is 0.362 e. The van der Waals surface area contributed by atoms with Crippen molar-refractivity contribution in [3.05, 3.63) is 40.3 Å². The van der Waals surface area contributed by atoms with E-state index >= 15 is 0 Å². The zero-order valence-corrected chi connectivity index (χ0v) is 8.86. The second kappa shape index (κ2) is 4.61. The molecule has 0 fully saturated rings. The van der Waals surface area contributed by atoms with E-state index in [4.69, 9.17) is 4.52 Å². The zero-order chi connectivity index (χ0) is 11.4. The number of aromatic amines is 1. The summed E-state index contributed by atoms with van der Waals surface area (Å²) in [7, 11) is 0. The quantitative estimate of drug-likeness (QED) is 0.800. The number of aromatic nitrogens is 3. The summed E-state index contributed by atoms with van der Waals surface area (Å²) in [5, 5.41) is 6.58. The maximum absolute atomic E-state index is 11.3. The van der Waals surface area contributed by atoms with Crippen LogP contribution in [0.2, 0.25) is 0 Å². The summed E-state index contributed by atoms with van der Waals surface area (Å²) < 4.78 is 4.92. The van der Waals surface area contributed by atoms with E-state index in [-0.39, 0.29) is 5.56 Å². The van der Waals surface area contributed by atoms with Gasteiger partial charge in [0.25, 0.3) is 5.56 Å². The minimum Gasteiger partial charge on any atom is -0.362 e. The Morgan fingerprint density at radius 1 is 1.56 bits per heavy atom. The van der Waals surface area contributed by atoms with Gasteiger partial charge in [-0.3, -0.25) is 4.79 Å². The fourth-order valence-electron chi connectivity index (χ4n) is 1.28. The summed E-state index contributed by atoms with van der Waals surface area (Å²) in [5.74, 6) is 1.89. The van der Waals surface area contributed by atoms with Gasteiger partial charge in [0.15, 0.2) is 5.76 Å². The predicted octanol–water partition coefficient (Wildman–Crippen LogP) is 0.932. The van der Waals surface area contributed by atoms with Crippen LogP contribution in [0, 0.1) is 0 Å². The Morgan fingerprint density at radius 3 is 3.12 bits per heavy atom. The van der Waals surface area contributed by atoms with Gasteiger partial charge in [0.05, 0.1) is 12.7 Å². The minimum atomic E-state index is -0.160. The fraction of sp³-hybridized carbons (Fsp3) is 0.300. The monoisotopic (exact) mass is 220 g/mol. The number of nitrogens with one attached hydrogen (secondary N) is 2. The first-order valence-corrected chi connectivity index (χ1v) is 5.01. The second-order valence-corrected chi connectivity index (χ2v) is 3.26. The van der Waals surface area contributed by atoms with Crippen LogP contribution in [0.1, 0.15) is 18.5 Å². The Bertz CT molecular complexity index is 504. The third kappa shape index (κ3) is 2.47. The van der Waals surface area contributed by atoms with Gasteiger partial charge in [-0.2, -0.15) is 0 Å². The summed E-state index contributed by atoms with van der Waals surface area (Å²) in [5.41, 5.74) is -0.160. The van der Waals surface area contributed by atoms with E-state index in [1.54, 1.807) is 12.3 Å². The van der Waals surface area contributed by atoms with Crippen molar-refractivity contribution >= 4 is 5.82 Å². The van der Waals surface area contributed by atoms with Crippen molar-refractivity contribution in [2.24, 2.45) is 0 Å². The van der Waals surface area contributed by atoms with Gasteiger partial charge < -0.3 is 14.8 Å². The maximum Gasteiger partial charge on any atom is 0.252 e. The van der Waals surface area contributed by atoms with Crippen molar-refractivity contribution in [2.45, 2.75) is 19.9 Å². The number of hydrogen-bond acceptors (Lipinski definition) is 5. The van der Waals surface area contributed by atoms with Gasteiger partial charge >= 0.3 is 0 Å². The molecule has 0 atom stereocenters. The highest BCUT2D eigenvalue weighted by molar-refractivity contribution is 5.33. The van der Waals surface area contributed by atoms with Gasteiger partial charge in [-0.25, -0.2) is 4.98 Å². The van der Waals surface area contributed by atoms with Gasteiger partial charge in [-0.1, -0.05) is 12.1 Å². The Balaban J connectivity index is 2.09. The molecule has 0 aliphatic rings. The van der Waals surface area contributed by atoms with Crippen LogP contribution in [-0.4, -0.2) is 15.1 Å². The number of H-pyrrole nitrogens is 1. The molecule has 0 amide bonds. The summed E-state index contributed by atoms with van der Waals surface area (Å²) in [6.45, 7) is 2.39. The minimum absolute atomic E-state index is 0.160. The van der Waals surface area contributed by atoms with E-state index in [9.17, 15) is 4.79 Å². The molecule has 0 radical (unpaired) electrons. The van der Waals surface area contributed by atoms with Crippen molar-refractivity contribution in [1.82, 2.24) is 15.1 Å². The molecule has 6 heteroatoms. The normalized spacial score (nSPS) is 10.3. The lowest BCUT2D eigenvalue weighted by Gasteiger charge is -2.03. The lowest BCUT2D eigenvalue weighted by atomic mass is 10.4. The van der Waals surface area contributed by atoms with Gasteiger partial charge in [0.2, 0.25) is 0 Å². The van der Waals surface area contributed by atoms with Crippen LogP contribution in [0.3, 0.4) is 0 Å². The van der Waals surface area contributed by atoms with Crippen molar-refractivity contribution < 1.29 is 4.52 Å². The summed E-state index contributed by atoms with van der Waals surface area (Å²) in [6, 6.07) is 3.16. The number of anilines is 1. The standard InChI is InChI=1S/C10H12N4O2/c1-2-8-13-9(5-10(15)14-8)11-6-7-3-4-12-16-7/h3-5H,2,6H2,1H3,(H2,11,13,14,15). The Labute approximate surface area is 91.7 Å². The molecule has 0 aromatic carbocycles. The smallest absolute Gasteiger partial charge is 0.252 e. The van der Waals surface area contributed by atoms with Gasteiger partial charge in [0.1, 0.15) is 11.6 Å². The predicted molar refractivity (Wildman–Crippen MR) is 58.1 cm³/mol. The Kier molecular flexibility index (Phi) is 3.00. The molecule has 6 nitrogen and oxygen atoms in total. The van der Waals surface area contributed by atoms with Crippen LogP contribution in [0.5, 0.6) is 0 Å². The highest BCUT2D eigenvalue weighted by Crippen LogP contribution is 2.03. The van der Waals surface area contributed by atoms with E-state index in [2.05, 4.69) is 20.4 Å². The molecule has 0 aliphatic heterocycles. The molecule has 2 heterocycles. The van der Waals surface area contributed by atoms with Crippen molar-refractivity contribution in [1.29, 1.82) is 0 Å². The molecule has 84 valence electrons. The number of hydrogen-bond donors (Lipinski definition) is 2. The first-order chi connectivity index (χ1) is 7.78. The third-order valence-corrected chi connectivity index (χ3v) is 2.06. The molecule has 0 bridgehead atoms. The molecular formula is C10H12N4O2. The number of aryl methyl sites for hydroxylation is 1. The molecule has 2 N–H and O–H groups in total. The first-order valence-electron chi connectivity index (χ1n) is 5.01. The van der Waals surface area contributed by atoms with E-state index in [0.717, 1.165) is 0 Å². The van der Waals surface area contributed by atoms with Gasteiger partial charge in [-0.05, 0) is 0 Å². The van der Waals surface area contributed by atoms with E-state index in [0.29, 0.717) is 30.4 Å². The lowest BCUT2D eigenvalue weighted by Crippen LogP contribution is -2.13. The summed E-state index contributed by atoms with van der Waals surface area (Å²) in [6.07, 6.45) is 2.26. The zero-order valence-electron chi connectivity index (χ0n) is 8.86. The van der Waals surface area contributed by atoms with Crippen LogP contribution in [0.25, 0.3) is 0 Å². The van der Waals surface area contributed by atoms with Gasteiger partial charge in [0, 0.05) is 18.6 Å². The molecule has 2 aromatic rings. The molecule has 0 unspecified atom stereocenters. The Morgan fingerprint density at radius 2 is 2.44 bits per heavy atom. The SMILES string of the molecule is CCc1nc(NCc2ccno2)cc(=O)[nH]1. The van der Waals surface area contributed by atoms with Crippen molar-refractivity contribution in [3.63, 3.8) is 0 Å². The summed E-state index contributed by atoms with van der Waals surface area (Å²) >= 11 is 0. The fourth-order valence-corrected chi connectivity index (χ4v) is 1.28. The summed E-state index contributed by atoms with van der Waals surface area (Å²) in [4.78, 5) is 18.1. The average Bonchev–Trinajstić information content (AvgIpc) is 2.78. The molecule has 0 spiro atoms. The number of nitrogens with zero attached hydrogens (tertiary/aromatic N) is 2. The average molecular weight is 220 g/mol. The van der Waals surface area contributed by atoms with Crippen molar-refractivity contribution in [3.8, 4) is 0 Å². The topological polar surface area (TPSA) is 83.8 Å². The molecule has 0 saturated carbocycles. The van der Waals surface area contributed by atoms with Crippen LogP contribution in [-0.2, 0) is 13.0 Å². The van der Waals surface area contributed by atoms with Crippen LogP contribution in [0.4, 0.5) is 5.82 Å².